The third kappa shape index (κ3) is 2.20. The molecule has 1 aromatic rings. The van der Waals surface area contributed by atoms with Crippen LogP contribution in [0.1, 0.15) is 18.4 Å². The van der Waals surface area contributed by atoms with Gasteiger partial charge in [-0.25, -0.2) is 0 Å². The van der Waals surface area contributed by atoms with E-state index < -0.39 is 5.60 Å². The van der Waals surface area contributed by atoms with Gasteiger partial charge in [0.1, 0.15) is 5.60 Å². The van der Waals surface area contributed by atoms with Crippen molar-refractivity contribution in [2.75, 3.05) is 6.61 Å². The minimum Gasteiger partial charge on any atom is -0.362 e. The fourth-order valence-corrected chi connectivity index (χ4v) is 1.60. The quantitative estimate of drug-likeness (QED) is 0.525. The second kappa shape index (κ2) is 3.93. The van der Waals surface area contributed by atoms with E-state index in [2.05, 4.69) is 12.1 Å². The lowest BCUT2D eigenvalue weighted by atomic mass is 10.0. The minimum atomic E-state index is -0.408. The van der Waals surface area contributed by atoms with Crippen LogP contribution in [0.3, 0.4) is 0 Å². The van der Waals surface area contributed by atoms with E-state index in [1.807, 2.05) is 18.2 Å². The number of benzene rings is 1. The fraction of sp³-hybridized carbons (Fsp3) is 0.417. The van der Waals surface area contributed by atoms with Gasteiger partial charge in [0.25, 0.3) is 0 Å². The van der Waals surface area contributed by atoms with Crippen LogP contribution in [0.15, 0.2) is 30.3 Å². The van der Waals surface area contributed by atoms with Gasteiger partial charge < -0.3 is 9.53 Å². The van der Waals surface area contributed by atoms with E-state index in [4.69, 9.17) is 4.74 Å². The van der Waals surface area contributed by atoms with Crippen LogP contribution in [0, 0.1) is 0 Å². The second-order valence-electron chi connectivity index (χ2n) is 3.81. The Bertz CT molecular complexity index is 301. The monoisotopic (exact) mass is 190 g/mol. The molecule has 0 aromatic heterocycles. The average molecular weight is 190 g/mol. The first-order valence-electron chi connectivity index (χ1n) is 4.99. The maximum Gasteiger partial charge on any atom is 0.154 e. The highest BCUT2D eigenvalue weighted by Gasteiger charge is 2.43. The molecule has 74 valence electrons. The van der Waals surface area contributed by atoms with E-state index in [9.17, 15) is 4.79 Å². The van der Waals surface area contributed by atoms with Crippen molar-refractivity contribution < 1.29 is 9.53 Å². The van der Waals surface area contributed by atoms with Crippen molar-refractivity contribution in [1.82, 2.24) is 0 Å². The Morgan fingerprint density at radius 2 is 2.07 bits per heavy atom. The summed E-state index contributed by atoms with van der Waals surface area (Å²) in [4.78, 5) is 10.6. The lowest BCUT2D eigenvalue weighted by molar-refractivity contribution is -0.112. The van der Waals surface area contributed by atoms with E-state index in [-0.39, 0.29) is 0 Å². The lowest BCUT2D eigenvalue weighted by Gasteiger charge is -2.03. The molecule has 14 heavy (non-hydrogen) atoms. The molecular weight excluding hydrogens is 176 g/mol. The van der Waals surface area contributed by atoms with Crippen molar-refractivity contribution in [2.45, 2.75) is 24.9 Å². The molecule has 1 heterocycles. The molecule has 0 N–H and O–H groups in total. The van der Waals surface area contributed by atoms with Gasteiger partial charge in [-0.3, -0.25) is 0 Å². The maximum absolute atomic E-state index is 10.6. The van der Waals surface area contributed by atoms with Crippen LogP contribution in [0.4, 0.5) is 0 Å². The first-order chi connectivity index (χ1) is 6.85. The predicted molar refractivity (Wildman–Crippen MR) is 54.1 cm³/mol. The van der Waals surface area contributed by atoms with Gasteiger partial charge >= 0.3 is 0 Å². The standard InChI is InChI=1S/C12H14O2/c13-9-12(10-14-12)8-4-7-11-5-2-1-3-6-11/h1-3,5-6,9H,4,7-8,10H2/t12-/m1/s1. The van der Waals surface area contributed by atoms with Gasteiger partial charge in [0, 0.05) is 0 Å². The zero-order chi connectivity index (χ0) is 9.86. The van der Waals surface area contributed by atoms with Crippen molar-refractivity contribution in [3.8, 4) is 0 Å². The number of ether oxygens (including phenoxy) is 1. The summed E-state index contributed by atoms with van der Waals surface area (Å²) in [5.41, 5.74) is 0.920. The largest absolute Gasteiger partial charge is 0.362 e. The van der Waals surface area contributed by atoms with Crippen LogP contribution in [-0.2, 0) is 16.0 Å². The number of aryl methyl sites for hydroxylation is 1. The van der Waals surface area contributed by atoms with E-state index >= 15 is 0 Å². The number of aldehydes is 1. The van der Waals surface area contributed by atoms with Crippen molar-refractivity contribution in [1.29, 1.82) is 0 Å². The van der Waals surface area contributed by atoms with Crippen molar-refractivity contribution >= 4 is 6.29 Å². The molecule has 0 amide bonds. The number of epoxide rings is 1. The first-order valence-corrected chi connectivity index (χ1v) is 4.99. The van der Waals surface area contributed by atoms with E-state index in [0.29, 0.717) is 6.61 Å². The average Bonchev–Trinajstić information content (AvgIpc) is 3.00. The molecule has 1 saturated heterocycles. The van der Waals surface area contributed by atoms with Crippen molar-refractivity contribution in [3.63, 3.8) is 0 Å². The Morgan fingerprint density at radius 1 is 1.36 bits per heavy atom. The molecule has 1 atom stereocenters. The van der Waals surface area contributed by atoms with Crippen molar-refractivity contribution in [2.24, 2.45) is 0 Å². The van der Waals surface area contributed by atoms with Crippen LogP contribution in [0.2, 0.25) is 0 Å². The molecule has 0 radical (unpaired) electrons. The summed E-state index contributed by atoms with van der Waals surface area (Å²) in [6.45, 7) is 0.616. The van der Waals surface area contributed by atoms with Gasteiger partial charge in [0.15, 0.2) is 6.29 Å². The number of carbonyl (C=O) groups excluding carboxylic acids is 1. The third-order valence-electron chi connectivity index (χ3n) is 2.64. The summed E-state index contributed by atoms with van der Waals surface area (Å²) < 4.78 is 5.12. The molecule has 0 spiro atoms. The van der Waals surface area contributed by atoms with Crippen LogP contribution in [0.5, 0.6) is 0 Å². The molecule has 1 aliphatic rings. The number of rotatable bonds is 5. The van der Waals surface area contributed by atoms with Gasteiger partial charge in [-0.15, -0.1) is 0 Å². The Morgan fingerprint density at radius 3 is 2.64 bits per heavy atom. The zero-order valence-corrected chi connectivity index (χ0v) is 8.11. The van der Waals surface area contributed by atoms with E-state index in [1.165, 1.54) is 5.56 Å². The van der Waals surface area contributed by atoms with Gasteiger partial charge in [-0.05, 0) is 24.8 Å². The molecule has 0 bridgehead atoms. The molecule has 0 unspecified atom stereocenters. The minimum absolute atomic E-state index is 0.408. The lowest BCUT2D eigenvalue weighted by Crippen LogP contribution is -2.12. The fourth-order valence-electron chi connectivity index (χ4n) is 1.60. The number of hydrogen-bond acceptors (Lipinski definition) is 2. The van der Waals surface area contributed by atoms with Gasteiger partial charge in [-0.1, -0.05) is 30.3 Å². The zero-order valence-electron chi connectivity index (χ0n) is 8.11. The highest BCUT2D eigenvalue weighted by Crippen LogP contribution is 2.30. The topological polar surface area (TPSA) is 29.6 Å². The molecule has 2 nitrogen and oxygen atoms in total. The molecule has 1 aliphatic heterocycles. The van der Waals surface area contributed by atoms with Crippen LogP contribution < -0.4 is 0 Å². The highest BCUT2D eigenvalue weighted by atomic mass is 16.6. The van der Waals surface area contributed by atoms with Crippen LogP contribution in [0.25, 0.3) is 0 Å². The molecule has 1 aromatic carbocycles. The number of carbonyl (C=O) groups is 1. The Kier molecular flexibility index (Phi) is 2.64. The third-order valence-corrected chi connectivity index (χ3v) is 2.64. The molecule has 0 saturated carbocycles. The SMILES string of the molecule is O=C[C@]1(CCCc2ccccc2)CO1. The van der Waals surface area contributed by atoms with E-state index in [1.54, 1.807) is 0 Å². The molecule has 0 aliphatic carbocycles. The predicted octanol–water partition coefficient (Wildman–Crippen LogP) is 1.98. The summed E-state index contributed by atoms with van der Waals surface area (Å²) >= 11 is 0. The Labute approximate surface area is 83.9 Å². The molecular formula is C12H14O2. The Balaban J connectivity index is 1.76. The first kappa shape index (κ1) is 9.41. The van der Waals surface area contributed by atoms with Gasteiger partial charge in [0.05, 0.1) is 6.61 Å². The highest BCUT2D eigenvalue weighted by molar-refractivity contribution is 5.66. The molecule has 2 rings (SSSR count). The molecule has 1 fully saturated rings. The maximum atomic E-state index is 10.6. The summed E-state index contributed by atoms with van der Waals surface area (Å²) in [5, 5.41) is 0. The van der Waals surface area contributed by atoms with Crippen LogP contribution >= 0.6 is 0 Å². The summed E-state index contributed by atoms with van der Waals surface area (Å²) in [5.74, 6) is 0. The van der Waals surface area contributed by atoms with Gasteiger partial charge in [-0.2, -0.15) is 0 Å². The van der Waals surface area contributed by atoms with Crippen molar-refractivity contribution in [3.05, 3.63) is 35.9 Å². The Hall–Kier alpha value is -1.15. The summed E-state index contributed by atoms with van der Waals surface area (Å²) in [7, 11) is 0. The van der Waals surface area contributed by atoms with E-state index in [0.717, 1.165) is 25.5 Å². The van der Waals surface area contributed by atoms with Crippen LogP contribution in [-0.4, -0.2) is 18.5 Å². The molecule has 2 heteroatoms. The number of hydrogen-bond donors (Lipinski definition) is 0. The second-order valence-corrected chi connectivity index (χ2v) is 3.81. The normalized spacial score (nSPS) is 24.6. The summed E-state index contributed by atoms with van der Waals surface area (Å²) in [6, 6.07) is 10.3. The summed E-state index contributed by atoms with van der Waals surface area (Å²) in [6.07, 6.45) is 3.84. The van der Waals surface area contributed by atoms with Gasteiger partial charge in [0.2, 0.25) is 0 Å². The smallest absolute Gasteiger partial charge is 0.154 e.